The summed E-state index contributed by atoms with van der Waals surface area (Å²) >= 11 is 0. The third-order valence-electron chi connectivity index (χ3n) is 10.6. The summed E-state index contributed by atoms with van der Waals surface area (Å²) in [4.78, 5) is 9.78. The highest BCUT2D eigenvalue weighted by Crippen LogP contribution is 2.35. The van der Waals surface area contributed by atoms with E-state index in [1.807, 2.05) is 6.20 Å². The maximum Gasteiger partial charge on any atom is 0.168 e. The predicted molar refractivity (Wildman–Crippen MR) is 226 cm³/mol. The molecule has 298 valence electrons. The number of unbranched alkanes of at least 4 members (excludes halogenated alkanes) is 18. The molecule has 1 aromatic rings. The number of rotatable bonds is 36. The Morgan fingerprint density at radius 2 is 1.13 bits per heavy atom. The third kappa shape index (κ3) is 25.9. The lowest BCUT2D eigenvalue weighted by atomic mass is 9.98. The second kappa shape index (κ2) is 33.6. The van der Waals surface area contributed by atoms with Crippen molar-refractivity contribution in [2.45, 2.75) is 206 Å². The average Bonchev–Trinajstić information content (AvgIpc) is 3.83. The molecule has 5 nitrogen and oxygen atoms in total. The molecule has 1 aliphatic heterocycles. The number of aromatic amines is 1. The van der Waals surface area contributed by atoms with Gasteiger partial charge in [-0.05, 0) is 90.5 Å². The molecule has 2 heterocycles. The number of imidazole rings is 1. The number of likely N-dealkylation sites (N-methyl/N-ethyl adjacent to an activating group) is 1. The zero-order chi connectivity index (χ0) is 37.1. The Balaban J connectivity index is 1.61. The van der Waals surface area contributed by atoms with Crippen LogP contribution >= 0.6 is 0 Å². The van der Waals surface area contributed by atoms with Gasteiger partial charge in [0.15, 0.2) is 5.79 Å². The predicted octanol–water partition coefficient (Wildman–Crippen LogP) is 13.8. The molecule has 5 heteroatoms. The van der Waals surface area contributed by atoms with Gasteiger partial charge in [-0.2, -0.15) is 0 Å². The second-order valence-electron chi connectivity index (χ2n) is 15.5. The fourth-order valence-electron chi connectivity index (χ4n) is 7.12. The first-order chi connectivity index (χ1) is 25.7. The molecular formula is C47H83N3O2. The molecule has 0 amide bonds. The van der Waals surface area contributed by atoms with Crippen LogP contribution in [0.5, 0.6) is 0 Å². The van der Waals surface area contributed by atoms with E-state index in [2.05, 4.69) is 84.4 Å². The number of nitrogens with one attached hydrogen (secondary N) is 1. The Morgan fingerprint density at radius 3 is 1.62 bits per heavy atom. The van der Waals surface area contributed by atoms with Gasteiger partial charge in [-0.15, -0.1) is 0 Å². The first kappa shape index (κ1) is 46.2. The van der Waals surface area contributed by atoms with E-state index in [1.54, 1.807) is 6.33 Å². The van der Waals surface area contributed by atoms with Crippen molar-refractivity contribution in [3.63, 3.8) is 0 Å². The van der Waals surface area contributed by atoms with Crippen molar-refractivity contribution in [2.24, 2.45) is 0 Å². The minimum atomic E-state index is -0.358. The van der Waals surface area contributed by atoms with Crippen LogP contribution in [0.4, 0.5) is 0 Å². The van der Waals surface area contributed by atoms with Crippen molar-refractivity contribution >= 4 is 0 Å². The number of allylic oxidation sites excluding steroid dienone is 8. The summed E-state index contributed by atoms with van der Waals surface area (Å²) in [6, 6.07) is 0. The van der Waals surface area contributed by atoms with E-state index in [0.29, 0.717) is 0 Å². The summed E-state index contributed by atoms with van der Waals surface area (Å²) < 4.78 is 13.4. The van der Waals surface area contributed by atoms with E-state index in [-0.39, 0.29) is 11.9 Å². The Morgan fingerprint density at radius 1 is 0.654 bits per heavy atom. The van der Waals surface area contributed by atoms with Gasteiger partial charge in [0.2, 0.25) is 0 Å². The van der Waals surface area contributed by atoms with Gasteiger partial charge in [-0.3, -0.25) is 0 Å². The molecule has 0 bridgehead atoms. The van der Waals surface area contributed by atoms with Gasteiger partial charge in [0, 0.05) is 44.2 Å². The van der Waals surface area contributed by atoms with Crippen molar-refractivity contribution in [1.82, 2.24) is 14.9 Å². The molecule has 0 unspecified atom stereocenters. The fourth-order valence-corrected chi connectivity index (χ4v) is 7.12. The number of nitrogens with zero attached hydrogens (tertiary/aromatic N) is 2. The van der Waals surface area contributed by atoms with Gasteiger partial charge in [-0.1, -0.05) is 140 Å². The van der Waals surface area contributed by atoms with Crippen molar-refractivity contribution < 1.29 is 9.47 Å². The highest BCUT2D eigenvalue weighted by atomic mass is 16.7. The van der Waals surface area contributed by atoms with Gasteiger partial charge < -0.3 is 19.4 Å². The lowest BCUT2D eigenvalue weighted by Crippen LogP contribution is -2.32. The van der Waals surface area contributed by atoms with Crippen LogP contribution in [0.15, 0.2) is 61.1 Å². The zero-order valence-corrected chi connectivity index (χ0v) is 34.5. The van der Waals surface area contributed by atoms with E-state index < -0.39 is 0 Å². The van der Waals surface area contributed by atoms with Gasteiger partial charge in [0.1, 0.15) is 0 Å². The van der Waals surface area contributed by atoms with Gasteiger partial charge in [-0.25, -0.2) is 4.98 Å². The molecule has 1 N–H and O–H groups in total. The molecule has 1 saturated heterocycles. The standard InChI is InChI=1S/C47H83N3O2/c1-4-6-8-10-12-14-16-18-20-22-24-26-28-30-32-34-38-47(51-43-46(52-47)37-41-50(3)40-36-45-42-48-44-49-45)39-35-33-31-29-27-25-23-21-19-17-15-13-11-9-7-5-2/h12-15,18-21,42,44,46H,4-11,16-17,22-41,43H2,1-3H3,(H,48,49)/b14-12-,15-13-,20-18-,21-19-/t46-/m0/s1. The van der Waals surface area contributed by atoms with E-state index in [9.17, 15) is 0 Å². The van der Waals surface area contributed by atoms with E-state index in [4.69, 9.17) is 9.47 Å². The van der Waals surface area contributed by atoms with E-state index in [0.717, 1.165) is 58.2 Å². The Kier molecular flexibility index (Phi) is 29.9. The topological polar surface area (TPSA) is 50.4 Å². The molecule has 1 atom stereocenters. The molecule has 0 radical (unpaired) electrons. The molecule has 0 aliphatic carbocycles. The highest BCUT2D eigenvalue weighted by Gasteiger charge is 2.40. The Bertz CT molecular complexity index is 966. The second-order valence-corrected chi connectivity index (χ2v) is 15.5. The monoisotopic (exact) mass is 722 g/mol. The maximum atomic E-state index is 6.81. The summed E-state index contributed by atoms with van der Waals surface area (Å²) in [5.41, 5.74) is 1.20. The van der Waals surface area contributed by atoms with Crippen LogP contribution in [0.3, 0.4) is 0 Å². The number of aromatic nitrogens is 2. The number of H-pyrrole nitrogens is 1. The third-order valence-corrected chi connectivity index (χ3v) is 10.6. The zero-order valence-electron chi connectivity index (χ0n) is 34.5. The molecular weight excluding hydrogens is 639 g/mol. The number of hydrogen-bond donors (Lipinski definition) is 1. The molecule has 0 spiro atoms. The SMILES string of the molecule is CCCCC/C=C\C/C=C\CCCCCCCCC1(CCCCCCCC/C=C\C/C=C\CCCCC)OC[C@H](CCN(C)CCc2cnc[nH]2)O1. The normalized spacial score (nSPS) is 16.3. The summed E-state index contributed by atoms with van der Waals surface area (Å²) in [5, 5.41) is 0. The van der Waals surface area contributed by atoms with Crippen molar-refractivity contribution in [1.29, 1.82) is 0 Å². The van der Waals surface area contributed by atoms with Crippen LogP contribution in [0.1, 0.15) is 193 Å². The smallest absolute Gasteiger partial charge is 0.168 e. The van der Waals surface area contributed by atoms with Crippen LogP contribution in [0.25, 0.3) is 0 Å². The minimum absolute atomic E-state index is 0.212. The number of hydrogen-bond acceptors (Lipinski definition) is 4. The number of ether oxygens (including phenoxy) is 2. The van der Waals surface area contributed by atoms with Gasteiger partial charge in [0.05, 0.1) is 19.0 Å². The molecule has 0 aromatic carbocycles. The van der Waals surface area contributed by atoms with E-state index >= 15 is 0 Å². The molecule has 1 aliphatic rings. The van der Waals surface area contributed by atoms with Gasteiger partial charge in [0.25, 0.3) is 0 Å². The van der Waals surface area contributed by atoms with Crippen LogP contribution < -0.4 is 0 Å². The summed E-state index contributed by atoms with van der Waals surface area (Å²) in [6.07, 6.45) is 57.7. The largest absolute Gasteiger partial charge is 0.348 e. The molecule has 1 fully saturated rings. The van der Waals surface area contributed by atoms with Crippen molar-refractivity contribution in [3.8, 4) is 0 Å². The van der Waals surface area contributed by atoms with Crippen LogP contribution in [0, 0.1) is 0 Å². The summed E-state index contributed by atoms with van der Waals surface area (Å²) in [5.74, 6) is -0.358. The maximum absolute atomic E-state index is 6.81. The minimum Gasteiger partial charge on any atom is -0.348 e. The molecule has 0 saturated carbocycles. The van der Waals surface area contributed by atoms with E-state index in [1.165, 1.54) is 147 Å². The molecule has 1 aromatic heterocycles. The molecule has 52 heavy (non-hydrogen) atoms. The van der Waals surface area contributed by atoms with Gasteiger partial charge >= 0.3 is 0 Å². The quantitative estimate of drug-likeness (QED) is 0.0554. The highest BCUT2D eigenvalue weighted by molar-refractivity contribution is 4.95. The van der Waals surface area contributed by atoms with Crippen molar-refractivity contribution in [3.05, 3.63) is 66.8 Å². The lowest BCUT2D eigenvalue weighted by molar-refractivity contribution is -0.180. The summed E-state index contributed by atoms with van der Waals surface area (Å²) in [6.45, 7) is 7.35. The van der Waals surface area contributed by atoms with Crippen LogP contribution in [0.2, 0.25) is 0 Å². The van der Waals surface area contributed by atoms with Crippen molar-refractivity contribution in [2.75, 3.05) is 26.7 Å². The Hall–Kier alpha value is -1.95. The lowest BCUT2D eigenvalue weighted by Gasteiger charge is -2.29. The van der Waals surface area contributed by atoms with Crippen LogP contribution in [-0.2, 0) is 15.9 Å². The first-order valence-electron chi connectivity index (χ1n) is 22.2. The Labute approximate surface area is 322 Å². The first-order valence-corrected chi connectivity index (χ1v) is 22.2. The van der Waals surface area contributed by atoms with Crippen LogP contribution in [-0.4, -0.2) is 53.5 Å². The molecule has 2 rings (SSSR count). The average molecular weight is 722 g/mol. The fraction of sp³-hybridized carbons (Fsp3) is 0.766. The summed E-state index contributed by atoms with van der Waals surface area (Å²) in [7, 11) is 2.22.